The summed E-state index contributed by atoms with van der Waals surface area (Å²) in [5, 5.41) is 2.09. The predicted molar refractivity (Wildman–Crippen MR) is 57.8 cm³/mol. The molecule has 4 heterocycles. The fourth-order valence-electron chi connectivity index (χ4n) is 3.29. The third kappa shape index (κ3) is 1.38. The van der Waals surface area contributed by atoms with Gasteiger partial charge in [0, 0.05) is 0 Å². The van der Waals surface area contributed by atoms with E-state index in [0.717, 1.165) is 12.5 Å². The van der Waals surface area contributed by atoms with E-state index in [9.17, 15) is 0 Å². The average Bonchev–Trinajstić information content (AvgIpc) is 2.67. The van der Waals surface area contributed by atoms with Crippen LogP contribution in [0.5, 0.6) is 0 Å². The van der Waals surface area contributed by atoms with E-state index in [1.165, 1.54) is 48.2 Å². The molecule has 1 atom stereocenters. The first kappa shape index (κ1) is 9.57. The average molecular weight is 212 g/mol. The van der Waals surface area contributed by atoms with Crippen molar-refractivity contribution in [3.63, 3.8) is 0 Å². The van der Waals surface area contributed by atoms with E-state index in [-0.39, 0.29) is 0 Å². The van der Waals surface area contributed by atoms with Crippen LogP contribution in [-0.4, -0.2) is 74.0 Å². The van der Waals surface area contributed by atoms with E-state index < -0.39 is 0 Å². The maximum Gasteiger partial charge on any atom is 0.297 e. The highest BCUT2D eigenvalue weighted by Gasteiger charge is 2.52. The van der Waals surface area contributed by atoms with Crippen LogP contribution in [0.15, 0.2) is 4.99 Å². The molecule has 3 saturated heterocycles. The summed E-state index contributed by atoms with van der Waals surface area (Å²) in [4.78, 5) is 4.61. The summed E-state index contributed by atoms with van der Waals surface area (Å²) in [7, 11) is 2.39. The Morgan fingerprint density at radius 3 is 2.27 bits per heavy atom. The SMILES string of the molecule is C[N+]12CC[N+](C3C[NH2+]C(N)=N3)(CC1)CC2. The largest absolute Gasteiger partial charge is 0.338 e. The fourth-order valence-corrected chi connectivity index (χ4v) is 3.29. The predicted octanol–water partition coefficient (Wildman–Crippen LogP) is -2.51. The van der Waals surface area contributed by atoms with Crippen LogP contribution in [0.25, 0.3) is 0 Å². The molecule has 0 amide bonds. The smallest absolute Gasteiger partial charge is 0.297 e. The molecule has 4 rings (SSSR count). The van der Waals surface area contributed by atoms with Gasteiger partial charge in [0.05, 0.1) is 7.05 Å². The number of nitrogens with two attached hydrogens (primary N) is 2. The first-order valence-corrected chi connectivity index (χ1v) is 5.98. The highest BCUT2D eigenvalue weighted by molar-refractivity contribution is 5.68. The molecule has 5 heteroatoms. The Morgan fingerprint density at radius 1 is 1.20 bits per heavy atom. The van der Waals surface area contributed by atoms with Gasteiger partial charge in [0.15, 0.2) is 6.54 Å². The molecule has 0 saturated carbocycles. The van der Waals surface area contributed by atoms with Gasteiger partial charge in [-0.2, -0.15) is 4.99 Å². The lowest BCUT2D eigenvalue weighted by atomic mass is 10.1. The lowest BCUT2D eigenvalue weighted by Gasteiger charge is -2.54. The van der Waals surface area contributed by atoms with Crippen LogP contribution < -0.4 is 11.1 Å². The molecule has 0 aromatic carbocycles. The van der Waals surface area contributed by atoms with Crippen molar-refractivity contribution in [2.45, 2.75) is 6.17 Å². The number of fused-ring (bicyclic) bond motifs is 3. The molecule has 0 spiro atoms. The summed E-state index contributed by atoms with van der Waals surface area (Å²) in [6, 6.07) is 0. The highest BCUT2D eigenvalue weighted by Crippen LogP contribution is 2.28. The molecule has 3 fully saturated rings. The standard InChI is InChI=1S/C10H21N5/c1-14-2-5-15(6-3-14,7-4-14)9-8-12-10(11)13-9/h9H,2-8H2,1H3,(H3,11,12,13)/q+2/p+1. The summed E-state index contributed by atoms with van der Waals surface area (Å²) in [5.74, 6) is 0.765. The molecule has 4 N–H and O–H groups in total. The Hall–Kier alpha value is -0.650. The minimum absolute atomic E-state index is 0.444. The molecule has 4 aliphatic heterocycles. The summed E-state index contributed by atoms with van der Waals surface area (Å²) in [6.07, 6.45) is 0.444. The Bertz CT molecular complexity index is 286. The fraction of sp³-hybridized carbons (Fsp3) is 0.900. The van der Waals surface area contributed by atoms with Crippen molar-refractivity contribution in [3.05, 3.63) is 0 Å². The summed E-state index contributed by atoms with van der Waals surface area (Å²) >= 11 is 0. The zero-order valence-corrected chi connectivity index (χ0v) is 9.52. The van der Waals surface area contributed by atoms with Crippen LogP contribution in [0.1, 0.15) is 0 Å². The van der Waals surface area contributed by atoms with Gasteiger partial charge in [0.2, 0.25) is 6.17 Å². The molecular weight excluding hydrogens is 190 g/mol. The first-order chi connectivity index (χ1) is 7.12. The lowest BCUT2D eigenvalue weighted by molar-refractivity contribution is -1.08. The Labute approximate surface area is 90.7 Å². The van der Waals surface area contributed by atoms with Gasteiger partial charge in [-0.3, -0.25) is 9.80 Å². The number of nitrogens with zero attached hydrogens (tertiary/aromatic N) is 3. The topological polar surface area (TPSA) is 55.0 Å². The molecule has 15 heavy (non-hydrogen) atoms. The van der Waals surface area contributed by atoms with Crippen molar-refractivity contribution in [1.82, 2.24) is 0 Å². The van der Waals surface area contributed by atoms with Gasteiger partial charge in [-0.25, -0.2) is 0 Å². The number of likely N-dealkylation sites (N-methyl/N-ethyl adjacent to an activating group) is 1. The first-order valence-electron chi connectivity index (χ1n) is 5.98. The minimum Gasteiger partial charge on any atom is -0.338 e. The zero-order chi connectivity index (χ0) is 10.5. The number of piperazine rings is 3. The minimum atomic E-state index is 0.444. The van der Waals surface area contributed by atoms with Crippen molar-refractivity contribution in [1.29, 1.82) is 0 Å². The van der Waals surface area contributed by atoms with Crippen LogP contribution in [0.3, 0.4) is 0 Å². The van der Waals surface area contributed by atoms with E-state index in [4.69, 9.17) is 5.73 Å². The van der Waals surface area contributed by atoms with E-state index in [1.807, 2.05) is 0 Å². The van der Waals surface area contributed by atoms with Gasteiger partial charge in [0.25, 0.3) is 5.96 Å². The van der Waals surface area contributed by atoms with Gasteiger partial charge in [-0.15, -0.1) is 0 Å². The second kappa shape index (κ2) is 2.93. The molecule has 2 bridgehead atoms. The molecule has 0 aliphatic carbocycles. The van der Waals surface area contributed by atoms with E-state index in [2.05, 4.69) is 17.4 Å². The number of hydrogen-bond donors (Lipinski definition) is 2. The van der Waals surface area contributed by atoms with E-state index in [0.29, 0.717) is 6.17 Å². The summed E-state index contributed by atoms with van der Waals surface area (Å²) in [6.45, 7) is 8.93. The third-order valence-electron chi connectivity index (χ3n) is 4.72. The van der Waals surface area contributed by atoms with Crippen molar-refractivity contribution in [2.24, 2.45) is 10.7 Å². The van der Waals surface area contributed by atoms with E-state index in [1.54, 1.807) is 0 Å². The lowest BCUT2D eigenvalue weighted by Crippen LogP contribution is -2.90. The molecule has 0 aromatic rings. The summed E-state index contributed by atoms with van der Waals surface area (Å²) < 4.78 is 2.50. The number of rotatable bonds is 1. The van der Waals surface area contributed by atoms with Gasteiger partial charge in [-0.1, -0.05) is 0 Å². The molecule has 1 unspecified atom stereocenters. The molecule has 84 valence electrons. The monoisotopic (exact) mass is 212 g/mol. The molecule has 4 aliphatic rings. The molecular formula is C10H22N5+3. The second-order valence-corrected chi connectivity index (χ2v) is 5.65. The molecule has 5 nitrogen and oxygen atoms in total. The van der Waals surface area contributed by atoms with Gasteiger partial charge < -0.3 is 10.2 Å². The zero-order valence-electron chi connectivity index (χ0n) is 9.52. The third-order valence-corrected chi connectivity index (χ3v) is 4.72. The highest BCUT2D eigenvalue weighted by atomic mass is 15.6. The maximum atomic E-state index is 5.76. The number of guanidine groups is 1. The summed E-state index contributed by atoms with van der Waals surface area (Å²) in [5.41, 5.74) is 5.76. The van der Waals surface area contributed by atoms with Crippen LogP contribution in [0.4, 0.5) is 0 Å². The Morgan fingerprint density at radius 2 is 1.80 bits per heavy atom. The van der Waals surface area contributed by atoms with Crippen molar-refractivity contribution >= 4 is 5.96 Å². The number of hydrogen-bond acceptors (Lipinski definition) is 2. The number of quaternary nitrogens is 3. The van der Waals surface area contributed by atoms with Crippen molar-refractivity contribution < 1.29 is 14.3 Å². The normalized spacial score (nSPS) is 49.4. The van der Waals surface area contributed by atoms with Gasteiger partial charge in [-0.05, 0) is 0 Å². The Balaban J connectivity index is 1.81. The Kier molecular flexibility index (Phi) is 1.87. The number of aliphatic imine (C=N–C) groups is 1. The second-order valence-electron chi connectivity index (χ2n) is 5.65. The molecule has 0 radical (unpaired) electrons. The van der Waals surface area contributed by atoms with Crippen LogP contribution in [-0.2, 0) is 0 Å². The molecule has 0 aromatic heterocycles. The maximum absolute atomic E-state index is 5.76. The van der Waals surface area contributed by atoms with Crippen LogP contribution in [0, 0.1) is 0 Å². The van der Waals surface area contributed by atoms with Gasteiger partial charge in [0.1, 0.15) is 39.3 Å². The van der Waals surface area contributed by atoms with E-state index >= 15 is 0 Å². The van der Waals surface area contributed by atoms with Crippen molar-refractivity contribution in [2.75, 3.05) is 52.9 Å². The van der Waals surface area contributed by atoms with Gasteiger partial charge >= 0.3 is 0 Å². The van der Waals surface area contributed by atoms with Crippen molar-refractivity contribution in [3.8, 4) is 0 Å². The quantitative estimate of drug-likeness (QED) is 0.464. The van der Waals surface area contributed by atoms with Crippen LogP contribution in [0.2, 0.25) is 0 Å². The van der Waals surface area contributed by atoms with Crippen LogP contribution >= 0.6 is 0 Å².